The second-order valence-electron chi connectivity index (χ2n) is 5.87. The molecule has 17 heavy (non-hydrogen) atoms. The van der Waals surface area contributed by atoms with Crippen LogP contribution in [0.1, 0.15) is 64.3 Å². The van der Waals surface area contributed by atoms with E-state index in [0.29, 0.717) is 5.41 Å². The third-order valence-electron chi connectivity index (χ3n) is 3.33. The van der Waals surface area contributed by atoms with Crippen LogP contribution in [0.2, 0.25) is 0 Å². The molecule has 1 aromatic rings. The van der Waals surface area contributed by atoms with E-state index >= 15 is 0 Å². The molecule has 0 unspecified atom stereocenters. The predicted octanol–water partition coefficient (Wildman–Crippen LogP) is 3.66. The van der Waals surface area contributed by atoms with Crippen molar-refractivity contribution in [3.8, 4) is 0 Å². The van der Waals surface area contributed by atoms with Crippen LogP contribution in [0.5, 0.6) is 0 Å². The predicted molar refractivity (Wildman–Crippen MR) is 72.0 cm³/mol. The van der Waals surface area contributed by atoms with Gasteiger partial charge in [0.1, 0.15) is 0 Å². The SMILES string of the molecule is CCCCCCC(C)(C)Cc1nn(C)nc1C. The number of unbranched alkanes of at least 4 members (excludes halogenated alkanes) is 3. The highest BCUT2D eigenvalue weighted by atomic mass is 15.5. The van der Waals surface area contributed by atoms with Crippen molar-refractivity contribution in [2.24, 2.45) is 12.5 Å². The van der Waals surface area contributed by atoms with E-state index in [9.17, 15) is 0 Å². The van der Waals surface area contributed by atoms with Gasteiger partial charge in [0.25, 0.3) is 0 Å². The highest BCUT2D eigenvalue weighted by molar-refractivity contribution is 5.08. The van der Waals surface area contributed by atoms with Crippen molar-refractivity contribution in [2.45, 2.75) is 66.2 Å². The van der Waals surface area contributed by atoms with Crippen molar-refractivity contribution >= 4 is 0 Å². The third kappa shape index (κ3) is 4.88. The lowest BCUT2D eigenvalue weighted by molar-refractivity contribution is 0.313. The fourth-order valence-electron chi connectivity index (χ4n) is 2.28. The van der Waals surface area contributed by atoms with E-state index in [-0.39, 0.29) is 0 Å². The van der Waals surface area contributed by atoms with Gasteiger partial charge in [-0.2, -0.15) is 15.0 Å². The molecule has 1 rings (SSSR count). The van der Waals surface area contributed by atoms with Crippen molar-refractivity contribution in [3.63, 3.8) is 0 Å². The minimum Gasteiger partial charge on any atom is -0.188 e. The van der Waals surface area contributed by atoms with Crippen LogP contribution < -0.4 is 0 Å². The van der Waals surface area contributed by atoms with E-state index in [1.54, 1.807) is 4.80 Å². The smallest absolute Gasteiger partial charge is 0.0861 e. The van der Waals surface area contributed by atoms with Gasteiger partial charge in [0.2, 0.25) is 0 Å². The van der Waals surface area contributed by atoms with Crippen molar-refractivity contribution < 1.29 is 0 Å². The zero-order chi connectivity index (χ0) is 12.9. The average Bonchev–Trinajstić information content (AvgIpc) is 2.52. The largest absolute Gasteiger partial charge is 0.188 e. The number of rotatable bonds is 7. The molecule has 0 atom stereocenters. The van der Waals surface area contributed by atoms with Crippen LogP contribution >= 0.6 is 0 Å². The Morgan fingerprint density at radius 2 is 1.82 bits per heavy atom. The summed E-state index contributed by atoms with van der Waals surface area (Å²) in [6, 6.07) is 0. The molecule has 0 saturated heterocycles. The van der Waals surface area contributed by atoms with Gasteiger partial charge in [-0.3, -0.25) is 0 Å². The summed E-state index contributed by atoms with van der Waals surface area (Å²) in [4.78, 5) is 1.68. The molecule has 0 radical (unpaired) electrons. The van der Waals surface area contributed by atoms with Crippen molar-refractivity contribution in [3.05, 3.63) is 11.4 Å². The van der Waals surface area contributed by atoms with Crippen LogP contribution in [0.15, 0.2) is 0 Å². The van der Waals surface area contributed by atoms with Crippen LogP contribution in [0.4, 0.5) is 0 Å². The minimum absolute atomic E-state index is 0.342. The number of aryl methyl sites for hydroxylation is 2. The first-order chi connectivity index (χ1) is 7.94. The summed E-state index contributed by atoms with van der Waals surface area (Å²) >= 11 is 0. The molecule has 0 aliphatic heterocycles. The van der Waals surface area contributed by atoms with E-state index in [4.69, 9.17) is 0 Å². The first-order valence-corrected chi connectivity index (χ1v) is 6.81. The van der Waals surface area contributed by atoms with Gasteiger partial charge >= 0.3 is 0 Å². The Bertz CT molecular complexity index is 339. The van der Waals surface area contributed by atoms with Crippen LogP contribution in [0.25, 0.3) is 0 Å². The van der Waals surface area contributed by atoms with Crippen molar-refractivity contribution in [2.75, 3.05) is 0 Å². The molecule has 3 heteroatoms. The van der Waals surface area contributed by atoms with E-state index in [1.165, 1.54) is 32.1 Å². The van der Waals surface area contributed by atoms with E-state index in [1.807, 2.05) is 7.05 Å². The number of aromatic nitrogens is 3. The molecule has 1 heterocycles. The molecule has 0 fully saturated rings. The zero-order valence-corrected chi connectivity index (χ0v) is 12.1. The molecule has 0 aliphatic rings. The first kappa shape index (κ1) is 14.2. The van der Waals surface area contributed by atoms with Crippen LogP contribution in [-0.4, -0.2) is 15.0 Å². The monoisotopic (exact) mass is 237 g/mol. The van der Waals surface area contributed by atoms with Crippen molar-refractivity contribution in [1.29, 1.82) is 0 Å². The highest BCUT2D eigenvalue weighted by Crippen LogP contribution is 2.28. The molecular formula is C14H27N3. The zero-order valence-electron chi connectivity index (χ0n) is 12.1. The Hall–Kier alpha value is -0.860. The Kier molecular flexibility index (Phi) is 5.16. The molecule has 0 N–H and O–H groups in total. The van der Waals surface area contributed by atoms with E-state index in [0.717, 1.165) is 17.8 Å². The summed E-state index contributed by atoms with van der Waals surface area (Å²) in [6.45, 7) is 8.99. The topological polar surface area (TPSA) is 30.7 Å². The molecule has 0 bridgehead atoms. The summed E-state index contributed by atoms with van der Waals surface area (Å²) in [7, 11) is 1.89. The summed E-state index contributed by atoms with van der Waals surface area (Å²) < 4.78 is 0. The molecule has 1 aromatic heterocycles. The lowest BCUT2D eigenvalue weighted by atomic mass is 9.82. The number of hydrogen-bond donors (Lipinski definition) is 0. The van der Waals surface area contributed by atoms with Gasteiger partial charge in [-0.1, -0.05) is 46.5 Å². The molecule has 98 valence electrons. The summed E-state index contributed by atoms with van der Waals surface area (Å²) in [6.07, 6.45) is 7.69. The van der Waals surface area contributed by atoms with Gasteiger partial charge in [-0.05, 0) is 25.2 Å². The lowest BCUT2D eigenvalue weighted by Gasteiger charge is -2.23. The minimum atomic E-state index is 0.342. The number of hydrogen-bond acceptors (Lipinski definition) is 2. The van der Waals surface area contributed by atoms with Crippen molar-refractivity contribution in [1.82, 2.24) is 15.0 Å². The fraction of sp³-hybridized carbons (Fsp3) is 0.857. The highest BCUT2D eigenvalue weighted by Gasteiger charge is 2.21. The Morgan fingerprint density at radius 1 is 1.12 bits per heavy atom. The van der Waals surface area contributed by atoms with Gasteiger partial charge in [0.05, 0.1) is 11.4 Å². The molecule has 3 nitrogen and oxygen atoms in total. The average molecular weight is 237 g/mol. The molecular weight excluding hydrogens is 210 g/mol. The van der Waals surface area contributed by atoms with E-state index < -0.39 is 0 Å². The van der Waals surface area contributed by atoms with Crippen LogP contribution in [0.3, 0.4) is 0 Å². The summed E-state index contributed by atoms with van der Waals surface area (Å²) in [5, 5.41) is 8.76. The maximum atomic E-state index is 4.45. The Morgan fingerprint density at radius 3 is 2.35 bits per heavy atom. The molecule has 0 aliphatic carbocycles. The Labute approximate surface area is 106 Å². The maximum Gasteiger partial charge on any atom is 0.0861 e. The fourth-order valence-corrected chi connectivity index (χ4v) is 2.28. The van der Waals surface area contributed by atoms with Gasteiger partial charge in [-0.25, -0.2) is 0 Å². The lowest BCUT2D eigenvalue weighted by Crippen LogP contribution is -2.16. The van der Waals surface area contributed by atoms with Crippen LogP contribution in [-0.2, 0) is 13.5 Å². The first-order valence-electron chi connectivity index (χ1n) is 6.81. The van der Waals surface area contributed by atoms with Gasteiger partial charge in [0.15, 0.2) is 0 Å². The normalized spacial score (nSPS) is 12.1. The van der Waals surface area contributed by atoms with Gasteiger partial charge in [-0.15, -0.1) is 0 Å². The molecule has 0 aromatic carbocycles. The quantitative estimate of drug-likeness (QED) is 0.678. The maximum absolute atomic E-state index is 4.45. The molecule has 0 saturated carbocycles. The molecule has 0 amide bonds. The Balaban J connectivity index is 2.45. The third-order valence-corrected chi connectivity index (χ3v) is 3.33. The second-order valence-corrected chi connectivity index (χ2v) is 5.87. The van der Waals surface area contributed by atoms with Gasteiger partial charge in [0, 0.05) is 7.05 Å². The van der Waals surface area contributed by atoms with Gasteiger partial charge < -0.3 is 0 Å². The summed E-state index contributed by atoms with van der Waals surface area (Å²) in [5.74, 6) is 0. The van der Waals surface area contributed by atoms with E-state index in [2.05, 4.69) is 37.9 Å². The van der Waals surface area contributed by atoms with Crippen LogP contribution in [0, 0.1) is 12.3 Å². The summed E-state index contributed by atoms with van der Waals surface area (Å²) in [5.41, 5.74) is 2.58. The standard InChI is InChI=1S/C14H27N3/c1-6-7-8-9-10-14(3,4)11-13-12(2)15-17(5)16-13/h6-11H2,1-5H3. The number of nitrogens with zero attached hydrogens (tertiary/aromatic N) is 3. The molecule has 0 spiro atoms. The second kappa shape index (κ2) is 6.18.